The lowest BCUT2D eigenvalue weighted by molar-refractivity contribution is -0.120. The Morgan fingerprint density at radius 1 is 1.53 bits per heavy atom. The average Bonchev–Trinajstić information content (AvgIpc) is 2.32. The van der Waals surface area contributed by atoms with Gasteiger partial charge in [0.05, 0.1) is 16.6 Å². The zero-order chi connectivity index (χ0) is 12.4. The number of nitrogens with two attached hydrogens (primary N) is 1. The van der Waals surface area contributed by atoms with E-state index in [9.17, 15) is 4.79 Å². The number of amides is 1. The van der Waals surface area contributed by atoms with Gasteiger partial charge in [-0.15, -0.1) is 0 Å². The second-order valence-corrected chi connectivity index (χ2v) is 4.42. The fourth-order valence-electron chi connectivity index (χ4n) is 1.92. The second-order valence-electron chi connectivity index (χ2n) is 4.01. The minimum atomic E-state index is -0.432. The van der Waals surface area contributed by atoms with Crippen LogP contribution in [0.2, 0.25) is 5.02 Å². The maximum Gasteiger partial charge on any atom is 0.243 e. The van der Waals surface area contributed by atoms with Gasteiger partial charge in [0.25, 0.3) is 0 Å². The highest BCUT2D eigenvalue weighted by molar-refractivity contribution is 6.32. The Morgan fingerprint density at radius 3 is 2.94 bits per heavy atom. The number of halogens is 1. The smallest absolute Gasteiger partial charge is 0.243 e. The van der Waals surface area contributed by atoms with Gasteiger partial charge in [0.15, 0.2) is 0 Å². The molecule has 1 aromatic carbocycles. The average molecular weight is 250 g/mol. The van der Waals surface area contributed by atoms with Crippen molar-refractivity contribution in [1.29, 1.82) is 5.26 Å². The number of piperidine rings is 1. The van der Waals surface area contributed by atoms with E-state index < -0.39 is 6.04 Å². The Balaban J connectivity index is 2.31. The lowest BCUT2D eigenvalue weighted by atomic mass is 10.0. The summed E-state index contributed by atoms with van der Waals surface area (Å²) in [5, 5.41) is 9.14. The van der Waals surface area contributed by atoms with Gasteiger partial charge in [0.2, 0.25) is 5.91 Å². The van der Waals surface area contributed by atoms with E-state index in [0.717, 1.165) is 12.8 Å². The molecule has 0 aliphatic carbocycles. The fraction of sp³-hybridized carbons (Fsp3) is 0.333. The Morgan fingerprint density at radius 2 is 2.29 bits per heavy atom. The van der Waals surface area contributed by atoms with Crippen LogP contribution in [0.4, 0.5) is 5.69 Å². The summed E-state index contributed by atoms with van der Waals surface area (Å²) < 4.78 is 0. The number of hydrogen-bond acceptors (Lipinski definition) is 3. The van der Waals surface area contributed by atoms with Gasteiger partial charge in [0, 0.05) is 12.2 Å². The van der Waals surface area contributed by atoms with Crippen molar-refractivity contribution in [2.75, 3.05) is 11.4 Å². The van der Waals surface area contributed by atoms with Gasteiger partial charge >= 0.3 is 0 Å². The van der Waals surface area contributed by atoms with E-state index >= 15 is 0 Å². The first-order chi connectivity index (χ1) is 8.13. The maximum atomic E-state index is 11.9. The van der Waals surface area contributed by atoms with Crippen LogP contribution in [0.3, 0.4) is 0 Å². The summed E-state index contributed by atoms with van der Waals surface area (Å²) in [4.78, 5) is 13.5. The third-order valence-electron chi connectivity index (χ3n) is 2.86. The van der Waals surface area contributed by atoms with Crippen molar-refractivity contribution in [3.05, 3.63) is 28.8 Å². The van der Waals surface area contributed by atoms with Crippen LogP contribution in [-0.2, 0) is 4.79 Å². The van der Waals surface area contributed by atoms with Crippen LogP contribution in [-0.4, -0.2) is 18.5 Å². The van der Waals surface area contributed by atoms with Crippen molar-refractivity contribution in [2.24, 2.45) is 5.73 Å². The molecule has 1 aliphatic heterocycles. The molecule has 1 saturated heterocycles. The topological polar surface area (TPSA) is 70.1 Å². The molecule has 0 radical (unpaired) electrons. The third-order valence-corrected chi connectivity index (χ3v) is 3.18. The van der Waals surface area contributed by atoms with E-state index in [1.54, 1.807) is 23.1 Å². The zero-order valence-electron chi connectivity index (χ0n) is 9.19. The van der Waals surface area contributed by atoms with Gasteiger partial charge < -0.3 is 10.6 Å². The lowest BCUT2D eigenvalue weighted by Crippen LogP contribution is -2.48. The molecule has 1 aliphatic rings. The molecule has 1 atom stereocenters. The highest BCUT2D eigenvalue weighted by atomic mass is 35.5. The van der Waals surface area contributed by atoms with E-state index in [-0.39, 0.29) is 5.91 Å². The lowest BCUT2D eigenvalue weighted by Gasteiger charge is -2.30. The summed E-state index contributed by atoms with van der Waals surface area (Å²) in [6.45, 7) is 0.648. The molecule has 4 nitrogen and oxygen atoms in total. The van der Waals surface area contributed by atoms with E-state index in [1.165, 1.54) is 0 Å². The summed E-state index contributed by atoms with van der Waals surface area (Å²) in [5.41, 5.74) is 6.83. The molecule has 1 aromatic rings. The first kappa shape index (κ1) is 11.9. The third kappa shape index (κ3) is 2.26. The number of carbonyl (C=O) groups is 1. The zero-order valence-corrected chi connectivity index (χ0v) is 9.94. The van der Waals surface area contributed by atoms with Crippen LogP contribution in [0.15, 0.2) is 18.2 Å². The summed E-state index contributed by atoms with van der Waals surface area (Å²) in [6.07, 6.45) is 1.60. The van der Waals surface area contributed by atoms with E-state index in [2.05, 4.69) is 0 Å². The van der Waals surface area contributed by atoms with Crippen LogP contribution in [0.1, 0.15) is 18.4 Å². The summed E-state index contributed by atoms with van der Waals surface area (Å²) in [7, 11) is 0. The molecule has 5 heteroatoms. The van der Waals surface area contributed by atoms with E-state index in [0.29, 0.717) is 22.8 Å². The molecule has 2 rings (SSSR count). The number of hydrogen-bond donors (Lipinski definition) is 1. The molecular formula is C12H12ClN3O. The standard InChI is InChI=1S/C12H12ClN3O/c13-10-6-9(4-3-8(10)7-14)16-5-1-2-11(15)12(16)17/h3-4,6,11H,1-2,5,15H2. The number of nitrogens with zero attached hydrogens (tertiary/aromatic N) is 2. The molecule has 17 heavy (non-hydrogen) atoms. The number of nitriles is 1. The molecule has 0 bridgehead atoms. The number of anilines is 1. The highest BCUT2D eigenvalue weighted by Crippen LogP contribution is 2.25. The van der Waals surface area contributed by atoms with Gasteiger partial charge in [-0.3, -0.25) is 4.79 Å². The van der Waals surface area contributed by atoms with E-state index in [1.807, 2.05) is 6.07 Å². The molecule has 1 heterocycles. The second kappa shape index (κ2) is 4.74. The number of carbonyl (C=O) groups excluding carboxylic acids is 1. The van der Waals surface area contributed by atoms with Crippen LogP contribution in [0.5, 0.6) is 0 Å². The van der Waals surface area contributed by atoms with Crippen molar-refractivity contribution in [3.63, 3.8) is 0 Å². The minimum Gasteiger partial charge on any atom is -0.320 e. The monoisotopic (exact) mass is 249 g/mol. The summed E-state index contributed by atoms with van der Waals surface area (Å²) >= 11 is 5.94. The summed E-state index contributed by atoms with van der Waals surface area (Å²) in [6, 6.07) is 6.53. The molecule has 88 valence electrons. The van der Waals surface area contributed by atoms with Crippen molar-refractivity contribution in [2.45, 2.75) is 18.9 Å². The first-order valence-corrected chi connectivity index (χ1v) is 5.78. The van der Waals surface area contributed by atoms with Gasteiger partial charge in [-0.2, -0.15) is 5.26 Å². The number of benzene rings is 1. The Hall–Kier alpha value is -1.57. The van der Waals surface area contributed by atoms with Crippen LogP contribution >= 0.6 is 11.6 Å². The largest absolute Gasteiger partial charge is 0.320 e. The molecule has 2 N–H and O–H groups in total. The van der Waals surface area contributed by atoms with Crippen molar-refractivity contribution in [3.8, 4) is 6.07 Å². The predicted molar refractivity (Wildman–Crippen MR) is 65.7 cm³/mol. The molecule has 1 amide bonds. The van der Waals surface area contributed by atoms with Gasteiger partial charge in [-0.25, -0.2) is 0 Å². The van der Waals surface area contributed by atoms with Crippen LogP contribution in [0, 0.1) is 11.3 Å². The highest BCUT2D eigenvalue weighted by Gasteiger charge is 2.26. The predicted octanol–water partition coefficient (Wildman–Crippen LogP) is 1.67. The van der Waals surface area contributed by atoms with Gasteiger partial charge in [-0.1, -0.05) is 11.6 Å². The SMILES string of the molecule is N#Cc1ccc(N2CCCC(N)C2=O)cc1Cl. The molecule has 0 spiro atoms. The Labute approximate surface area is 105 Å². The number of rotatable bonds is 1. The molecule has 1 unspecified atom stereocenters. The normalized spacial score (nSPS) is 20.2. The van der Waals surface area contributed by atoms with Gasteiger partial charge in [-0.05, 0) is 31.0 Å². The molecule has 0 aromatic heterocycles. The van der Waals surface area contributed by atoms with Crippen molar-refractivity contribution >= 4 is 23.2 Å². The van der Waals surface area contributed by atoms with Crippen LogP contribution in [0.25, 0.3) is 0 Å². The van der Waals surface area contributed by atoms with Crippen molar-refractivity contribution < 1.29 is 4.79 Å². The van der Waals surface area contributed by atoms with Crippen molar-refractivity contribution in [1.82, 2.24) is 0 Å². The minimum absolute atomic E-state index is 0.0861. The molecule has 0 saturated carbocycles. The van der Waals surface area contributed by atoms with Crippen LogP contribution < -0.4 is 10.6 Å². The summed E-state index contributed by atoms with van der Waals surface area (Å²) in [5.74, 6) is -0.0861. The van der Waals surface area contributed by atoms with E-state index in [4.69, 9.17) is 22.6 Å². The van der Waals surface area contributed by atoms with Gasteiger partial charge in [0.1, 0.15) is 6.07 Å². The fourth-order valence-corrected chi connectivity index (χ4v) is 2.14. The Bertz CT molecular complexity index is 495. The molecular weight excluding hydrogens is 238 g/mol. The Kier molecular flexibility index (Phi) is 3.32. The first-order valence-electron chi connectivity index (χ1n) is 5.40. The maximum absolute atomic E-state index is 11.9. The quantitative estimate of drug-likeness (QED) is 0.823. The molecule has 1 fully saturated rings.